The summed E-state index contributed by atoms with van der Waals surface area (Å²) < 4.78 is 0. The number of hydrogen-bond acceptors (Lipinski definition) is 2. The van der Waals surface area contributed by atoms with Crippen molar-refractivity contribution in [1.29, 1.82) is 0 Å². The molecule has 6 heteroatoms. The number of nitrogens with one attached hydrogen (secondary N) is 1. The number of guanidine groups is 1. The lowest BCUT2D eigenvalue weighted by Crippen LogP contribution is -2.55. The van der Waals surface area contributed by atoms with Gasteiger partial charge in [-0.3, -0.25) is 9.79 Å². The lowest BCUT2D eigenvalue weighted by molar-refractivity contribution is -0.135. The van der Waals surface area contributed by atoms with E-state index in [4.69, 9.17) is 0 Å². The van der Waals surface area contributed by atoms with Gasteiger partial charge in [0.05, 0.1) is 13.1 Å². The van der Waals surface area contributed by atoms with E-state index in [-0.39, 0.29) is 29.9 Å². The Morgan fingerprint density at radius 1 is 1.29 bits per heavy atom. The van der Waals surface area contributed by atoms with Gasteiger partial charge in [0.2, 0.25) is 5.91 Å². The fourth-order valence-corrected chi connectivity index (χ4v) is 2.76. The number of halogens is 1. The summed E-state index contributed by atoms with van der Waals surface area (Å²) >= 11 is 0. The molecule has 0 spiro atoms. The van der Waals surface area contributed by atoms with Crippen LogP contribution < -0.4 is 5.32 Å². The molecule has 2 fully saturated rings. The Labute approximate surface area is 160 Å². The predicted octanol–water partition coefficient (Wildman–Crippen LogP) is 1.54. The predicted molar refractivity (Wildman–Crippen MR) is 106 cm³/mol. The number of hydrogen-bond donors (Lipinski definition) is 1. The fourth-order valence-electron chi connectivity index (χ4n) is 2.76. The van der Waals surface area contributed by atoms with Crippen LogP contribution in [0.2, 0.25) is 0 Å². The number of aliphatic imine (C=N–C) groups is 1. The van der Waals surface area contributed by atoms with Crippen LogP contribution in [0.3, 0.4) is 0 Å². The molecule has 3 rings (SSSR count). The third-order valence-corrected chi connectivity index (χ3v) is 4.10. The zero-order chi connectivity index (χ0) is 16.1. The highest BCUT2D eigenvalue weighted by molar-refractivity contribution is 14.0. The molecule has 1 saturated heterocycles. The Balaban J connectivity index is 0.00000208. The summed E-state index contributed by atoms with van der Waals surface area (Å²) in [4.78, 5) is 20.5. The van der Waals surface area contributed by atoms with Gasteiger partial charge in [-0.05, 0) is 25.0 Å². The molecule has 1 heterocycles. The Morgan fingerprint density at radius 3 is 2.67 bits per heavy atom. The van der Waals surface area contributed by atoms with E-state index in [9.17, 15) is 4.79 Å². The number of benzene rings is 1. The largest absolute Gasteiger partial charge is 0.345 e. The molecule has 1 aromatic carbocycles. The first-order valence-electron chi connectivity index (χ1n) is 8.07. The van der Waals surface area contributed by atoms with E-state index in [1.165, 1.54) is 0 Å². The molecule has 5 nitrogen and oxygen atoms in total. The van der Waals surface area contributed by atoms with Crippen LogP contribution in [0.5, 0.6) is 0 Å². The molecule has 1 saturated carbocycles. The number of carbonyl (C=O) groups is 1. The number of carbonyl (C=O) groups excluding carboxylic acids is 1. The van der Waals surface area contributed by atoms with Crippen LogP contribution in [0.25, 0.3) is 0 Å². The van der Waals surface area contributed by atoms with Gasteiger partial charge in [0.1, 0.15) is 0 Å². The Morgan fingerprint density at radius 2 is 2.04 bits per heavy atom. The molecule has 0 radical (unpaired) electrons. The molecule has 0 aromatic heterocycles. The summed E-state index contributed by atoms with van der Waals surface area (Å²) in [5.41, 5.74) is 0.998. The van der Waals surface area contributed by atoms with Crippen molar-refractivity contribution < 1.29 is 4.79 Å². The molecule has 128 valence electrons. The smallest absolute Gasteiger partial charge is 0.242 e. The van der Waals surface area contributed by atoms with E-state index in [2.05, 4.69) is 22.2 Å². The van der Waals surface area contributed by atoms with Crippen molar-refractivity contribution in [3.63, 3.8) is 0 Å². The minimum Gasteiger partial charge on any atom is -0.345 e. The number of piperazine rings is 1. The topological polar surface area (TPSA) is 47.9 Å². The highest BCUT2D eigenvalue weighted by Gasteiger charge is 2.36. The first-order valence-corrected chi connectivity index (χ1v) is 8.07. The maximum absolute atomic E-state index is 12.2. The lowest BCUT2D eigenvalue weighted by Gasteiger charge is -2.36. The van der Waals surface area contributed by atoms with Crippen LogP contribution in [0, 0.1) is 11.8 Å². The maximum atomic E-state index is 12.2. The van der Waals surface area contributed by atoms with Crippen molar-refractivity contribution >= 4 is 35.8 Å². The second-order valence-electron chi connectivity index (χ2n) is 5.81. The molecule has 0 bridgehead atoms. The van der Waals surface area contributed by atoms with E-state index in [1.807, 2.05) is 40.1 Å². The Bertz CT molecular complexity index is 646. The van der Waals surface area contributed by atoms with Gasteiger partial charge in [0.25, 0.3) is 0 Å². The molecule has 1 aliphatic carbocycles. The first-order chi connectivity index (χ1) is 11.3. The summed E-state index contributed by atoms with van der Waals surface area (Å²) in [7, 11) is 1.74. The fraction of sp³-hybridized carbons (Fsp3) is 0.444. The van der Waals surface area contributed by atoms with Gasteiger partial charge in [-0.2, -0.15) is 0 Å². The van der Waals surface area contributed by atoms with Gasteiger partial charge >= 0.3 is 0 Å². The molecule has 1 amide bonds. The van der Waals surface area contributed by atoms with Crippen molar-refractivity contribution in [2.45, 2.75) is 18.9 Å². The van der Waals surface area contributed by atoms with Crippen molar-refractivity contribution in [3.8, 4) is 11.8 Å². The average molecular weight is 438 g/mol. The first kappa shape index (κ1) is 18.6. The van der Waals surface area contributed by atoms with Crippen LogP contribution in [-0.2, 0) is 4.79 Å². The summed E-state index contributed by atoms with van der Waals surface area (Å²) in [6.07, 6.45) is 2.32. The average Bonchev–Trinajstić information content (AvgIpc) is 3.41. The summed E-state index contributed by atoms with van der Waals surface area (Å²) in [6, 6.07) is 10.4. The van der Waals surface area contributed by atoms with Gasteiger partial charge in [-0.1, -0.05) is 30.0 Å². The number of rotatable bonds is 2. The monoisotopic (exact) mass is 438 g/mol. The molecule has 0 unspecified atom stereocenters. The SMILES string of the molecule is CN=C(NCC#Cc1ccccc1)N1CCN(C2CC2)C(=O)C1.I. The molecule has 1 aliphatic heterocycles. The third kappa shape index (κ3) is 4.87. The maximum Gasteiger partial charge on any atom is 0.242 e. The second-order valence-corrected chi connectivity index (χ2v) is 5.81. The zero-order valence-corrected chi connectivity index (χ0v) is 16.2. The van der Waals surface area contributed by atoms with E-state index in [0.717, 1.165) is 37.5 Å². The van der Waals surface area contributed by atoms with Crippen molar-refractivity contribution in [2.24, 2.45) is 4.99 Å². The molecule has 24 heavy (non-hydrogen) atoms. The van der Waals surface area contributed by atoms with E-state index in [0.29, 0.717) is 19.1 Å². The van der Waals surface area contributed by atoms with Crippen LogP contribution in [0.4, 0.5) is 0 Å². The number of amides is 1. The normalized spacial score (nSPS) is 17.7. The van der Waals surface area contributed by atoms with Crippen molar-refractivity contribution in [3.05, 3.63) is 35.9 Å². The quantitative estimate of drug-likeness (QED) is 0.330. The minimum absolute atomic E-state index is 0. The Hall–Kier alpha value is -1.75. The van der Waals surface area contributed by atoms with Crippen LogP contribution in [-0.4, -0.2) is 60.9 Å². The van der Waals surface area contributed by atoms with Gasteiger partial charge in [0, 0.05) is 31.7 Å². The number of nitrogens with zero attached hydrogens (tertiary/aromatic N) is 3. The van der Waals surface area contributed by atoms with Crippen molar-refractivity contribution in [2.75, 3.05) is 33.2 Å². The molecular weight excluding hydrogens is 415 g/mol. The zero-order valence-electron chi connectivity index (χ0n) is 13.9. The standard InChI is InChI=1S/C18H22N4O.HI/c1-19-18(20-11-5-8-15-6-3-2-4-7-15)21-12-13-22(16-9-10-16)17(23)14-21;/h2-4,6-7,16H,9-14H2,1H3,(H,19,20);1H. The molecular formula is C18H23IN4O. The second kappa shape index (κ2) is 8.92. The van der Waals surface area contributed by atoms with Crippen LogP contribution in [0.1, 0.15) is 18.4 Å². The van der Waals surface area contributed by atoms with Gasteiger partial charge < -0.3 is 15.1 Å². The van der Waals surface area contributed by atoms with Gasteiger partial charge in [-0.15, -0.1) is 24.0 Å². The summed E-state index contributed by atoms with van der Waals surface area (Å²) in [6.45, 7) is 2.54. The minimum atomic E-state index is 0. The highest BCUT2D eigenvalue weighted by atomic mass is 127. The molecule has 0 atom stereocenters. The van der Waals surface area contributed by atoms with Crippen molar-refractivity contribution in [1.82, 2.24) is 15.1 Å². The van der Waals surface area contributed by atoms with E-state index in [1.54, 1.807) is 7.05 Å². The van der Waals surface area contributed by atoms with Crippen LogP contribution in [0.15, 0.2) is 35.3 Å². The lowest BCUT2D eigenvalue weighted by atomic mass is 10.2. The Kier molecular flexibility index (Phi) is 6.91. The van der Waals surface area contributed by atoms with Gasteiger partial charge in [0.15, 0.2) is 5.96 Å². The summed E-state index contributed by atoms with van der Waals surface area (Å²) in [5.74, 6) is 7.15. The van der Waals surface area contributed by atoms with Crippen LogP contribution >= 0.6 is 24.0 Å². The summed E-state index contributed by atoms with van der Waals surface area (Å²) in [5, 5.41) is 3.22. The van der Waals surface area contributed by atoms with E-state index < -0.39 is 0 Å². The molecule has 1 N–H and O–H groups in total. The third-order valence-electron chi connectivity index (χ3n) is 4.10. The highest BCUT2D eigenvalue weighted by Crippen LogP contribution is 2.27. The molecule has 1 aromatic rings. The van der Waals surface area contributed by atoms with E-state index >= 15 is 0 Å². The van der Waals surface area contributed by atoms with Gasteiger partial charge in [-0.25, -0.2) is 0 Å². The molecule has 2 aliphatic rings.